The Hall–Kier alpha value is -3.35. The molecular weight excluding hydrogens is 346 g/mol. The van der Waals surface area contributed by atoms with Gasteiger partial charge in [0, 0.05) is 25.6 Å². The second-order valence-electron chi connectivity index (χ2n) is 6.43. The van der Waals surface area contributed by atoms with Gasteiger partial charge in [-0.2, -0.15) is 0 Å². The molecule has 2 amide bonds. The highest BCUT2D eigenvalue weighted by Crippen LogP contribution is 2.33. The number of rotatable bonds is 4. The van der Waals surface area contributed by atoms with E-state index in [1.807, 2.05) is 24.3 Å². The molecule has 1 aromatic heterocycles. The monoisotopic (exact) mass is 365 g/mol. The summed E-state index contributed by atoms with van der Waals surface area (Å²) in [6.07, 6.45) is -0.399. The molecule has 0 saturated carbocycles. The minimum absolute atomic E-state index is 0.152. The lowest BCUT2D eigenvalue weighted by molar-refractivity contribution is -0.125. The van der Waals surface area contributed by atoms with Crippen LogP contribution in [0, 0.1) is 6.92 Å². The number of benzene rings is 2. The van der Waals surface area contributed by atoms with E-state index < -0.39 is 6.10 Å². The summed E-state index contributed by atoms with van der Waals surface area (Å²) in [5.74, 6) is 0.893. The average molecular weight is 365 g/mol. The van der Waals surface area contributed by atoms with Crippen LogP contribution in [0.3, 0.4) is 0 Å². The van der Waals surface area contributed by atoms with Crippen molar-refractivity contribution in [1.82, 2.24) is 4.98 Å². The van der Waals surface area contributed by atoms with Gasteiger partial charge in [-0.15, -0.1) is 0 Å². The first-order chi connectivity index (χ1) is 13.0. The standard InChI is InChI=1S/C20H19N3O4/c1-12-20(25)23(16-5-3-4-6-18(16)26-12)10-9-19(24)22-14-7-8-17-15(11-14)21-13(2)27-17/h3-8,11-12H,9-10H2,1-2H3,(H,22,24). The predicted molar refractivity (Wildman–Crippen MR) is 101 cm³/mol. The Morgan fingerprint density at radius 2 is 2.07 bits per heavy atom. The molecule has 1 aliphatic heterocycles. The molecular formula is C20H19N3O4. The van der Waals surface area contributed by atoms with Crippen LogP contribution in [0.1, 0.15) is 19.2 Å². The summed E-state index contributed by atoms with van der Waals surface area (Å²) in [4.78, 5) is 30.7. The number of fused-ring (bicyclic) bond motifs is 2. The van der Waals surface area contributed by atoms with Gasteiger partial charge in [0.15, 0.2) is 17.6 Å². The van der Waals surface area contributed by atoms with Crippen LogP contribution in [0.15, 0.2) is 46.9 Å². The molecule has 1 unspecified atom stereocenters. The maximum Gasteiger partial charge on any atom is 0.267 e. The number of carbonyl (C=O) groups is 2. The van der Waals surface area contributed by atoms with Crippen molar-refractivity contribution in [3.8, 4) is 5.75 Å². The number of anilines is 2. The van der Waals surface area contributed by atoms with E-state index in [1.165, 1.54) is 0 Å². The molecule has 0 bridgehead atoms. The Morgan fingerprint density at radius 1 is 1.26 bits per heavy atom. The lowest BCUT2D eigenvalue weighted by Gasteiger charge is -2.32. The van der Waals surface area contributed by atoms with Gasteiger partial charge in [-0.05, 0) is 37.3 Å². The highest BCUT2D eigenvalue weighted by molar-refractivity contribution is 6.01. The van der Waals surface area contributed by atoms with Crippen LogP contribution in [-0.4, -0.2) is 29.4 Å². The summed E-state index contributed by atoms with van der Waals surface area (Å²) >= 11 is 0. The summed E-state index contributed by atoms with van der Waals surface area (Å²) in [6, 6.07) is 12.6. The van der Waals surface area contributed by atoms with Gasteiger partial charge in [-0.3, -0.25) is 9.59 Å². The average Bonchev–Trinajstić information content (AvgIpc) is 3.01. The van der Waals surface area contributed by atoms with E-state index in [0.717, 1.165) is 0 Å². The topological polar surface area (TPSA) is 84.7 Å². The number of hydrogen-bond donors (Lipinski definition) is 1. The Bertz CT molecular complexity index is 1030. The van der Waals surface area contributed by atoms with Gasteiger partial charge in [-0.25, -0.2) is 4.98 Å². The van der Waals surface area contributed by atoms with E-state index in [-0.39, 0.29) is 24.8 Å². The molecule has 27 heavy (non-hydrogen) atoms. The minimum atomic E-state index is -0.569. The first-order valence-corrected chi connectivity index (χ1v) is 8.75. The van der Waals surface area contributed by atoms with Crippen LogP contribution in [0.2, 0.25) is 0 Å². The predicted octanol–water partition coefficient (Wildman–Crippen LogP) is 3.28. The van der Waals surface area contributed by atoms with E-state index in [0.29, 0.717) is 34.1 Å². The molecule has 138 valence electrons. The Morgan fingerprint density at radius 3 is 2.93 bits per heavy atom. The van der Waals surface area contributed by atoms with Gasteiger partial charge in [0.2, 0.25) is 5.91 Å². The maximum absolute atomic E-state index is 12.5. The van der Waals surface area contributed by atoms with E-state index in [2.05, 4.69) is 10.3 Å². The molecule has 2 heterocycles. The third-order valence-corrected chi connectivity index (χ3v) is 4.41. The zero-order valence-electron chi connectivity index (χ0n) is 15.1. The number of aromatic nitrogens is 1. The van der Waals surface area contributed by atoms with Gasteiger partial charge in [-0.1, -0.05) is 12.1 Å². The fraction of sp³-hybridized carbons (Fsp3) is 0.250. The van der Waals surface area contributed by atoms with Gasteiger partial charge in [0.1, 0.15) is 11.3 Å². The van der Waals surface area contributed by atoms with Crippen molar-refractivity contribution >= 4 is 34.3 Å². The van der Waals surface area contributed by atoms with Crippen molar-refractivity contribution in [2.24, 2.45) is 0 Å². The summed E-state index contributed by atoms with van der Waals surface area (Å²) in [5, 5.41) is 2.84. The second kappa shape index (κ2) is 6.75. The van der Waals surface area contributed by atoms with E-state index in [1.54, 1.807) is 36.9 Å². The van der Waals surface area contributed by atoms with Crippen LogP contribution < -0.4 is 15.0 Å². The first kappa shape index (κ1) is 17.1. The van der Waals surface area contributed by atoms with Crippen molar-refractivity contribution < 1.29 is 18.7 Å². The van der Waals surface area contributed by atoms with Gasteiger partial charge in [0.05, 0.1) is 5.69 Å². The molecule has 0 fully saturated rings. The van der Waals surface area contributed by atoms with Crippen molar-refractivity contribution in [2.45, 2.75) is 26.4 Å². The third-order valence-electron chi connectivity index (χ3n) is 4.41. The number of oxazole rings is 1. The highest BCUT2D eigenvalue weighted by Gasteiger charge is 2.31. The van der Waals surface area contributed by atoms with Crippen LogP contribution in [0.4, 0.5) is 11.4 Å². The lowest BCUT2D eigenvalue weighted by atomic mass is 10.1. The quantitative estimate of drug-likeness (QED) is 0.767. The molecule has 7 heteroatoms. The van der Waals surface area contributed by atoms with Gasteiger partial charge in [0.25, 0.3) is 5.91 Å². The Balaban J connectivity index is 1.44. The summed E-state index contributed by atoms with van der Waals surface area (Å²) in [7, 11) is 0. The molecule has 0 spiro atoms. The van der Waals surface area contributed by atoms with E-state index >= 15 is 0 Å². The van der Waals surface area contributed by atoms with Crippen LogP contribution >= 0.6 is 0 Å². The third kappa shape index (κ3) is 3.36. The smallest absolute Gasteiger partial charge is 0.267 e. The van der Waals surface area contributed by atoms with Crippen molar-refractivity contribution in [3.05, 3.63) is 48.4 Å². The van der Waals surface area contributed by atoms with Crippen LogP contribution in [-0.2, 0) is 9.59 Å². The molecule has 3 aromatic rings. The van der Waals surface area contributed by atoms with Gasteiger partial charge >= 0.3 is 0 Å². The van der Waals surface area contributed by atoms with E-state index in [9.17, 15) is 9.59 Å². The molecule has 0 radical (unpaired) electrons. The molecule has 7 nitrogen and oxygen atoms in total. The molecule has 2 aromatic carbocycles. The molecule has 4 rings (SSSR count). The number of ether oxygens (including phenoxy) is 1. The molecule has 0 saturated heterocycles. The highest BCUT2D eigenvalue weighted by atomic mass is 16.5. The summed E-state index contributed by atoms with van der Waals surface area (Å²) in [5.41, 5.74) is 2.70. The van der Waals surface area contributed by atoms with Gasteiger partial charge < -0.3 is 19.4 Å². The summed E-state index contributed by atoms with van der Waals surface area (Å²) < 4.78 is 11.0. The zero-order valence-corrected chi connectivity index (χ0v) is 15.1. The SMILES string of the molecule is Cc1nc2cc(NC(=O)CCN3C(=O)C(C)Oc4ccccc43)ccc2o1. The molecule has 0 aliphatic carbocycles. The zero-order chi connectivity index (χ0) is 19.0. The summed E-state index contributed by atoms with van der Waals surface area (Å²) in [6.45, 7) is 3.76. The first-order valence-electron chi connectivity index (χ1n) is 8.75. The second-order valence-corrected chi connectivity index (χ2v) is 6.43. The number of para-hydroxylation sites is 2. The minimum Gasteiger partial charge on any atom is -0.479 e. The fourth-order valence-corrected chi connectivity index (χ4v) is 3.15. The largest absolute Gasteiger partial charge is 0.479 e. The molecule has 1 atom stereocenters. The van der Waals surface area contributed by atoms with E-state index in [4.69, 9.17) is 9.15 Å². The van der Waals surface area contributed by atoms with Crippen molar-refractivity contribution in [2.75, 3.05) is 16.8 Å². The van der Waals surface area contributed by atoms with Crippen molar-refractivity contribution in [3.63, 3.8) is 0 Å². The van der Waals surface area contributed by atoms with Crippen LogP contribution in [0.25, 0.3) is 11.1 Å². The maximum atomic E-state index is 12.5. The number of carbonyl (C=O) groups excluding carboxylic acids is 2. The lowest BCUT2D eigenvalue weighted by Crippen LogP contribution is -2.45. The normalized spacial score (nSPS) is 16.1. The number of nitrogens with one attached hydrogen (secondary N) is 1. The number of amides is 2. The Labute approximate surface area is 155 Å². The number of aryl methyl sites for hydroxylation is 1. The van der Waals surface area contributed by atoms with Crippen LogP contribution in [0.5, 0.6) is 5.75 Å². The Kier molecular flexibility index (Phi) is 4.27. The number of hydrogen-bond acceptors (Lipinski definition) is 5. The molecule has 1 aliphatic rings. The molecule has 1 N–H and O–H groups in total. The fourth-order valence-electron chi connectivity index (χ4n) is 3.15. The van der Waals surface area contributed by atoms with Crippen molar-refractivity contribution in [1.29, 1.82) is 0 Å². The number of nitrogens with zero attached hydrogens (tertiary/aromatic N) is 2.